The first kappa shape index (κ1) is 14.9. The van der Waals surface area contributed by atoms with Crippen LogP contribution in [-0.2, 0) is 11.3 Å². The summed E-state index contributed by atoms with van der Waals surface area (Å²) in [5.74, 6) is -0.703. The summed E-state index contributed by atoms with van der Waals surface area (Å²) >= 11 is 0. The Balaban J connectivity index is 2.12. The molecule has 110 valence electrons. The van der Waals surface area contributed by atoms with E-state index >= 15 is 0 Å². The minimum atomic E-state index is -0.703. The predicted octanol–water partition coefficient (Wildman–Crippen LogP) is 2.58. The third-order valence-electron chi connectivity index (χ3n) is 4.08. The number of carboxylic acid groups (broad SMARTS) is 1. The van der Waals surface area contributed by atoms with Gasteiger partial charge < -0.3 is 10.0 Å². The van der Waals surface area contributed by atoms with E-state index in [9.17, 15) is 4.79 Å². The number of likely N-dealkylation sites (N-methyl/N-ethyl adjacent to an activating group) is 1. The second-order valence-corrected chi connectivity index (χ2v) is 5.54. The molecule has 1 aromatic rings. The molecule has 0 radical (unpaired) electrons. The van der Waals surface area contributed by atoms with Crippen molar-refractivity contribution in [2.24, 2.45) is 0 Å². The highest BCUT2D eigenvalue weighted by Gasteiger charge is 2.24. The van der Waals surface area contributed by atoms with Gasteiger partial charge in [0.1, 0.15) is 0 Å². The molecular weight excluding hydrogens is 252 g/mol. The van der Waals surface area contributed by atoms with Crippen molar-refractivity contribution in [1.82, 2.24) is 4.90 Å². The van der Waals surface area contributed by atoms with E-state index in [2.05, 4.69) is 48.0 Å². The van der Waals surface area contributed by atoms with Gasteiger partial charge in [0.05, 0.1) is 0 Å². The summed E-state index contributed by atoms with van der Waals surface area (Å²) in [6, 6.07) is 8.99. The highest BCUT2D eigenvalue weighted by molar-refractivity contribution is 5.66. The Hall–Kier alpha value is -1.55. The van der Waals surface area contributed by atoms with Gasteiger partial charge in [0.25, 0.3) is 0 Å². The Morgan fingerprint density at radius 2 is 2.15 bits per heavy atom. The van der Waals surface area contributed by atoms with E-state index in [1.807, 2.05) is 0 Å². The molecule has 0 spiro atoms. The largest absolute Gasteiger partial charge is 0.481 e. The number of benzene rings is 1. The maximum Gasteiger partial charge on any atom is 0.303 e. The number of para-hydroxylation sites is 1. The van der Waals surface area contributed by atoms with Crippen molar-refractivity contribution < 1.29 is 9.90 Å². The SMILES string of the molecule is CC[C@H]1CN(C)c2ccccc2CN1CCCC(=O)O. The molecule has 1 aromatic carbocycles. The summed E-state index contributed by atoms with van der Waals surface area (Å²) in [6.07, 6.45) is 2.06. The van der Waals surface area contributed by atoms with Gasteiger partial charge in [-0.1, -0.05) is 25.1 Å². The van der Waals surface area contributed by atoms with Crippen LogP contribution in [0, 0.1) is 0 Å². The van der Waals surface area contributed by atoms with E-state index in [1.54, 1.807) is 0 Å². The number of nitrogens with zero attached hydrogens (tertiary/aromatic N) is 2. The molecule has 1 atom stereocenters. The van der Waals surface area contributed by atoms with Crippen LogP contribution in [-0.4, -0.2) is 42.2 Å². The predicted molar refractivity (Wildman–Crippen MR) is 81.1 cm³/mol. The molecule has 4 nitrogen and oxygen atoms in total. The third-order valence-corrected chi connectivity index (χ3v) is 4.08. The number of aliphatic carboxylic acids is 1. The molecule has 20 heavy (non-hydrogen) atoms. The molecule has 0 fully saturated rings. The van der Waals surface area contributed by atoms with Gasteiger partial charge >= 0.3 is 5.97 Å². The molecule has 1 aliphatic rings. The zero-order valence-corrected chi connectivity index (χ0v) is 12.4. The van der Waals surface area contributed by atoms with E-state index < -0.39 is 5.97 Å². The second kappa shape index (κ2) is 6.75. The van der Waals surface area contributed by atoms with Crippen molar-refractivity contribution >= 4 is 11.7 Å². The van der Waals surface area contributed by atoms with Crippen molar-refractivity contribution in [3.63, 3.8) is 0 Å². The number of hydrogen-bond donors (Lipinski definition) is 1. The Morgan fingerprint density at radius 1 is 1.40 bits per heavy atom. The molecular formula is C16H24N2O2. The van der Waals surface area contributed by atoms with Gasteiger partial charge in [0.2, 0.25) is 0 Å². The minimum Gasteiger partial charge on any atom is -0.481 e. The number of anilines is 1. The van der Waals surface area contributed by atoms with Crippen LogP contribution in [0.2, 0.25) is 0 Å². The Kier molecular flexibility index (Phi) is 5.01. The zero-order chi connectivity index (χ0) is 14.5. The van der Waals surface area contributed by atoms with Gasteiger partial charge in [0.15, 0.2) is 0 Å². The van der Waals surface area contributed by atoms with Crippen molar-refractivity contribution in [3.8, 4) is 0 Å². The smallest absolute Gasteiger partial charge is 0.303 e. The fourth-order valence-corrected chi connectivity index (χ4v) is 2.98. The summed E-state index contributed by atoms with van der Waals surface area (Å²) in [5, 5.41) is 8.79. The number of rotatable bonds is 5. The molecule has 0 unspecified atom stereocenters. The fourth-order valence-electron chi connectivity index (χ4n) is 2.98. The summed E-state index contributed by atoms with van der Waals surface area (Å²) in [7, 11) is 2.14. The Morgan fingerprint density at radius 3 is 2.85 bits per heavy atom. The average Bonchev–Trinajstić information content (AvgIpc) is 2.56. The molecule has 0 saturated heterocycles. The van der Waals surface area contributed by atoms with E-state index in [-0.39, 0.29) is 6.42 Å². The fraction of sp³-hybridized carbons (Fsp3) is 0.562. The highest BCUT2D eigenvalue weighted by atomic mass is 16.4. The van der Waals surface area contributed by atoms with E-state index in [1.165, 1.54) is 11.3 Å². The first-order chi connectivity index (χ1) is 9.61. The van der Waals surface area contributed by atoms with Crippen LogP contribution < -0.4 is 4.90 Å². The second-order valence-electron chi connectivity index (χ2n) is 5.54. The van der Waals surface area contributed by atoms with Gasteiger partial charge in [-0.3, -0.25) is 9.69 Å². The molecule has 0 aromatic heterocycles. The quantitative estimate of drug-likeness (QED) is 0.897. The van der Waals surface area contributed by atoms with Crippen molar-refractivity contribution in [1.29, 1.82) is 0 Å². The van der Waals surface area contributed by atoms with E-state index in [0.29, 0.717) is 6.04 Å². The van der Waals surface area contributed by atoms with Crippen molar-refractivity contribution in [3.05, 3.63) is 29.8 Å². The monoisotopic (exact) mass is 276 g/mol. The zero-order valence-electron chi connectivity index (χ0n) is 12.4. The normalized spacial score (nSPS) is 19.5. The molecule has 0 saturated carbocycles. The maximum absolute atomic E-state index is 10.7. The number of carboxylic acids is 1. The Labute approximate surface area is 121 Å². The number of fused-ring (bicyclic) bond motifs is 1. The van der Waals surface area contributed by atoms with Crippen molar-refractivity contribution in [2.75, 3.05) is 25.0 Å². The van der Waals surface area contributed by atoms with Gasteiger partial charge in [-0.2, -0.15) is 0 Å². The minimum absolute atomic E-state index is 0.254. The number of carbonyl (C=O) groups is 1. The van der Waals surface area contributed by atoms with Crippen LogP contribution in [0.4, 0.5) is 5.69 Å². The summed E-state index contributed by atoms with van der Waals surface area (Å²) in [6.45, 7) is 4.98. The summed E-state index contributed by atoms with van der Waals surface area (Å²) in [5.41, 5.74) is 2.63. The molecule has 2 rings (SSSR count). The lowest BCUT2D eigenvalue weighted by molar-refractivity contribution is -0.137. The van der Waals surface area contributed by atoms with Crippen LogP contribution in [0.15, 0.2) is 24.3 Å². The first-order valence-electron chi connectivity index (χ1n) is 7.36. The van der Waals surface area contributed by atoms with Gasteiger partial charge in [-0.05, 0) is 31.0 Å². The standard InChI is InChI=1S/C16H24N2O2/c1-3-14-12-17(2)15-8-5-4-7-13(15)11-18(14)10-6-9-16(19)20/h4-5,7-8,14H,3,6,9-12H2,1-2H3,(H,19,20)/t14-/m0/s1. The topological polar surface area (TPSA) is 43.8 Å². The molecule has 1 heterocycles. The lowest BCUT2D eigenvalue weighted by Gasteiger charge is -2.30. The van der Waals surface area contributed by atoms with E-state index in [4.69, 9.17) is 5.11 Å². The molecule has 0 bridgehead atoms. The number of hydrogen-bond acceptors (Lipinski definition) is 3. The van der Waals surface area contributed by atoms with Crippen LogP contribution in [0.25, 0.3) is 0 Å². The lowest BCUT2D eigenvalue weighted by atomic mass is 10.1. The van der Waals surface area contributed by atoms with E-state index in [0.717, 1.165) is 32.5 Å². The molecule has 4 heteroatoms. The summed E-state index contributed by atoms with van der Waals surface area (Å²) < 4.78 is 0. The third kappa shape index (κ3) is 3.51. The molecule has 0 amide bonds. The highest BCUT2D eigenvalue weighted by Crippen LogP contribution is 2.27. The van der Waals surface area contributed by atoms with Crippen LogP contribution >= 0.6 is 0 Å². The molecule has 0 aliphatic carbocycles. The van der Waals surface area contributed by atoms with Crippen LogP contribution in [0.1, 0.15) is 31.7 Å². The molecule has 1 N–H and O–H groups in total. The van der Waals surface area contributed by atoms with Gasteiger partial charge in [0, 0.05) is 38.3 Å². The van der Waals surface area contributed by atoms with Crippen LogP contribution in [0.3, 0.4) is 0 Å². The Bertz CT molecular complexity index is 462. The average molecular weight is 276 g/mol. The van der Waals surface area contributed by atoms with Crippen molar-refractivity contribution in [2.45, 2.75) is 38.8 Å². The molecule has 1 aliphatic heterocycles. The van der Waals surface area contributed by atoms with Gasteiger partial charge in [-0.25, -0.2) is 0 Å². The maximum atomic E-state index is 10.7. The lowest BCUT2D eigenvalue weighted by Crippen LogP contribution is -2.40. The first-order valence-corrected chi connectivity index (χ1v) is 7.36. The van der Waals surface area contributed by atoms with Crippen LogP contribution in [0.5, 0.6) is 0 Å². The van der Waals surface area contributed by atoms with Gasteiger partial charge in [-0.15, -0.1) is 0 Å². The summed E-state index contributed by atoms with van der Waals surface area (Å²) in [4.78, 5) is 15.4.